The number of benzene rings is 1. The van der Waals surface area contributed by atoms with Crippen molar-refractivity contribution in [1.29, 1.82) is 0 Å². The van der Waals surface area contributed by atoms with E-state index in [0.29, 0.717) is 21.9 Å². The molecule has 0 radical (unpaired) electrons. The van der Waals surface area contributed by atoms with Crippen LogP contribution in [0.2, 0.25) is 0 Å². The predicted octanol–water partition coefficient (Wildman–Crippen LogP) is 5.45. The van der Waals surface area contributed by atoms with E-state index in [9.17, 15) is 9.59 Å². The van der Waals surface area contributed by atoms with Crippen LogP contribution in [0.1, 0.15) is 34.1 Å². The Balaban J connectivity index is 1.55. The van der Waals surface area contributed by atoms with Gasteiger partial charge in [0.05, 0.1) is 5.56 Å². The molecule has 6 heteroatoms. The molecule has 0 saturated heterocycles. The van der Waals surface area contributed by atoms with Crippen molar-refractivity contribution in [3.8, 4) is 0 Å². The second kappa shape index (κ2) is 6.32. The highest BCUT2D eigenvalue weighted by molar-refractivity contribution is 7.16. The van der Waals surface area contributed by atoms with Gasteiger partial charge in [-0.3, -0.25) is 4.79 Å². The topological polar surface area (TPSA) is 59.3 Å². The third kappa shape index (κ3) is 2.71. The molecule has 1 unspecified atom stereocenters. The van der Waals surface area contributed by atoms with Crippen LogP contribution >= 0.6 is 22.7 Å². The van der Waals surface area contributed by atoms with E-state index in [0.717, 1.165) is 35.6 Å². The summed E-state index contributed by atoms with van der Waals surface area (Å²) in [6, 6.07) is 7.46. The fourth-order valence-electron chi connectivity index (χ4n) is 3.82. The monoisotopic (exact) mass is 395 g/mol. The predicted molar refractivity (Wildman–Crippen MR) is 111 cm³/mol. The van der Waals surface area contributed by atoms with Crippen LogP contribution in [-0.2, 0) is 12.8 Å². The molecule has 0 fully saturated rings. The Morgan fingerprint density at radius 3 is 2.93 bits per heavy atom. The highest BCUT2D eigenvalue weighted by atomic mass is 32.1. The molecule has 1 aromatic carbocycles. The zero-order valence-corrected chi connectivity index (χ0v) is 16.3. The number of amides is 1. The van der Waals surface area contributed by atoms with Crippen LogP contribution in [-0.4, -0.2) is 5.91 Å². The van der Waals surface area contributed by atoms with Gasteiger partial charge in [0, 0.05) is 26.4 Å². The maximum Gasteiger partial charge on any atom is 0.347 e. The summed E-state index contributed by atoms with van der Waals surface area (Å²) in [5.74, 6) is 0.532. The first-order valence-corrected chi connectivity index (χ1v) is 10.7. The molecule has 0 bridgehead atoms. The Morgan fingerprint density at radius 1 is 1.19 bits per heavy atom. The van der Waals surface area contributed by atoms with Gasteiger partial charge in [0.2, 0.25) is 0 Å². The molecular formula is C21H17NO3S2. The van der Waals surface area contributed by atoms with Crippen LogP contribution in [0.4, 0.5) is 5.00 Å². The van der Waals surface area contributed by atoms with Crippen molar-refractivity contribution in [3.05, 3.63) is 61.4 Å². The fraction of sp³-hybridized carbons (Fsp3) is 0.238. The molecule has 3 heterocycles. The summed E-state index contributed by atoms with van der Waals surface area (Å²) < 4.78 is 5.45. The highest BCUT2D eigenvalue weighted by Gasteiger charge is 2.24. The van der Waals surface area contributed by atoms with Gasteiger partial charge in [-0.15, -0.1) is 22.7 Å². The Hall–Kier alpha value is -2.44. The Labute approximate surface area is 163 Å². The molecule has 136 valence electrons. The number of thiophene rings is 2. The summed E-state index contributed by atoms with van der Waals surface area (Å²) >= 11 is 3.03. The van der Waals surface area contributed by atoms with E-state index < -0.39 is 5.63 Å². The number of carbonyl (C=O) groups excluding carboxylic acids is 1. The molecule has 5 rings (SSSR count). The van der Waals surface area contributed by atoms with Crippen LogP contribution in [0.3, 0.4) is 0 Å². The van der Waals surface area contributed by atoms with Gasteiger partial charge in [-0.1, -0.05) is 25.1 Å². The van der Waals surface area contributed by atoms with Crippen LogP contribution in [0.5, 0.6) is 0 Å². The lowest BCUT2D eigenvalue weighted by Crippen LogP contribution is -2.16. The van der Waals surface area contributed by atoms with Crippen molar-refractivity contribution in [2.75, 3.05) is 5.32 Å². The van der Waals surface area contributed by atoms with Crippen molar-refractivity contribution in [2.24, 2.45) is 5.92 Å². The van der Waals surface area contributed by atoms with E-state index in [4.69, 9.17) is 4.42 Å². The van der Waals surface area contributed by atoms with E-state index in [1.165, 1.54) is 21.8 Å². The molecule has 27 heavy (non-hydrogen) atoms. The van der Waals surface area contributed by atoms with Gasteiger partial charge >= 0.3 is 5.63 Å². The lowest BCUT2D eigenvalue weighted by Gasteiger charge is -2.18. The van der Waals surface area contributed by atoms with Crippen LogP contribution < -0.4 is 10.9 Å². The third-order valence-corrected chi connectivity index (χ3v) is 7.20. The summed E-state index contributed by atoms with van der Waals surface area (Å²) in [5, 5.41) is 9.53. The largest absolute Gasteiger partial charge is 0.422 e. The fourth-order valence-corrected chi connectivity index (χ4v) is 6.01. The van der Waals surface area contributed by atoms with Crippen molar-refractivity contribution in [2.45, 2.75) is 26.2 Å². The number of nitrogens with one attached hydrogen (secondary N) is 1. The van der Waals surface area contributed by atoms with Gasteiger partial charge in [-0.2, -0.15) is 0 Å². The maximum atomic E-state index is 12.9. The van der Waals surface area contributed by atoms with Crippen LogP contribution in [0.15, 0.2) is 44.2 Å². The summed E-state index contributed by atoms with van der Waals surface area (Å²) in [7, 11) is 0. The highest BCUT2D eigenvalue weighted by Crippen LogP contribution is 2.36. The quantitative estimate of drug-likeness (QED) is 0.459. The molecule has 1 amide bonds. The van der Waals surface area contributed by atoms with Gasteiger partial charge < -0.3 is 9.73 Å². The molecule has 4 aromatic rings. The number of hydrogen-bond donors (Lipinski definition) is 1. The zero-order valence-electron chi connectivity index (χ0n) is 14.7. The molecule has 1 N–H and O–H groups in total. The van der Waals surface area contributed by atoms with Crippen LogP contribution in [0.25, 0.3) is 21.7 Å². The lowest BCUT2D eigenvalue weighted by molar-refractivity contribution is 0.102. The Bertz CT molecular complexity index is 1250. The number of para-hydroxylation sites is 1. The molecule has 0 spiro atoms. The van der Waals surface area contributed by atoms with Gasteiger partial charge in [0.15, 0.2) is 0 Å². The minimum absolute atomic E-state index is 0.140. The second-order valence-electron chi connectivity index (χ2n) is 7.09. The number of rotatable bonds is 2. The number of fused-ring (bicyclic) bond motifs is 4. The number of hydrogen-bond acceptors (Lipinski definition) is 5. The molecule has 4 nitrogen and oxygen atoms in total. The SMILES string of the molecule is CC1CCc2c(C(=O)Nc3scc4c3c(=O)oc3ccccc34)csc2C1. The first kappa shape index (κ1) is 16.7. The third-order valence-electron chi connectivity index (χ3n) is 5.25. The first-order chi connectivity index (χ1) is 13.1. The number of carbonyl (C=O) groups is 1. The van der Waals surface area contributed by atoms with E-state index in [-0.39, 0.29) is 5.91 Å². The summed E-state index contributed by atoms with van der Waals surface area (Å²) in [6.45, 7) is 2.25. The minimum Gasteiger partial charge on any atom is -0.422 e. The zero-order chi connectivity index (χ0) is 18.5. The normalized spacial score (nSPS) is 16.6. The van der Waals surface area contributed by atoms with E-state index >= 15 is 0 Å². The smallest absolute Gasteiger partial charge is 0.347 e. The molecule has 0 aliphatic heterocycles. The standard InChI is InChI=1S/C21H17NO3S2/c1-11-6-7-13-15(10-26-17(13)8-11)19(23)22-20-18-14(9-27-20)12-4-2-3-5-16(12)25-21(18)24/h2-5,9-11H,6-8H2,1H3,(H,22,23). The second-order valence-corrected chi connectivity index (χ2v) is 8.94. The van der Waals surface area contributed by atoms with Gasteiger partial charge in [-0.25, -0.2) is 4.79 Å². The van der Waals surface area contributed by atoms with Gasteiger partial charge in [0.1, 0.15) is 16.0 Å². The maximum absolute atomic E-state index is 12.9. The lowest BCUT2D eigenvalue weighted by atomic mass is 9.88. The first-order valence-electron chi connectivity index (χ1n) is 8.95. The summed E-state index contributed by atoms with van der Waals surface area (Å²) in [6.07, 6.45) is 3.10. The Kier molecular flexibility index (Phi) is 3.91. The minimum atomic E-state index is -0.415. The summed E-state index contributed by atoms with van der Waals surface area (Å²) in [4.78, 5) is 26.7. The molecule has 1 aliphatic carbocycles. The average Bonchev–Trinajstić information content (AvgIpc) is 3.26. The van der Waals surface area contributed by atoms with Crippen LogP contribution in [0, 0.1) is 5.92 Å². The molecule has 1 atom stereocenters. The average molecular weight is 396 g/mol. The van der Waals surface area contributed by atoms with E-state index in [2.05, 4.69) is 12.2 Å². The molecule has 0 saturated carbocycles. The van der Waals surface area contributed by atoms with Crippen molar-refractivity contribution in [1.82, 2.24) is 0 Å². The molecular weight excluding hydrogens is 378 g/mol. The van der Waals surface area contributed by atoms with E-state index in [1.807, 2.05) is 29.0 Å². The van der Waals surface area contributed by atoms with Gasteiger partial charge in [0.25, 0.3) is 5.91 Å². The van der Waals surface area contributed by atoms with E-state index in [1.54, 1.807) is 17.4 Å². The van der Waals surface area contributed by atoms with Crippen molar-refractivity contribution < 1.29 is 9.21 Å². The van der Waals surface area contributed by atoms with Crippen molar-refractivity contribution >= 4 is 55.3 Å². The Morgan fingerprint density at radius 2 is 2.04 bits per heavy atom. The van der Waals surface area contributed by atoms with Gasteiger partial charge in [-0.05, 0) is 36.8 Å². The summed E-state index contributed by atoms with van der Waals surface area (Å²) in [5.41, 5.74) is 2.07. The number of anilines is 1. The molecule has 3 aromatic heterocycles. The van der Waals surface area contributed by atoms with Crippen molar-refractivity contribution in [3.63, 3.8) is 0 Å². The molecule has 1 aliphatic rings.